The predicted molar refractivity (Wildman–Crippen MR) is 118 cm³/mol. The molecule has 3 fully saturated rings. The molecule has 6 nitrogen and oxygen atoms in total. The number of fused-ring (bicyclic) bond motifs is 1. The van der Waals surface area contributed by atoms with Gasteiger partial charge in [-0.15, -0.1) is 0 Å². The van der Waals surface area contributed by atoms with Crippen molar-refractivity contribution in [2.75, 3.05) is 18.0 Å². The first-order valence-corrected chi connectivity index (χ1v) is 12.0. The van der Waals surface area contributed by atoms with Gasteiger partial charge in [0, 0.05) is 64.2 Å². The molecular formula is C23H25N3O3S. The maximum Gasteiger partial charge on any atom is 0.274 e. The summed E-state index contributed by atoms with van der Waals surface area (Å²) in [5.41, 5.74) is 1.99. The summed E-state index contributed by atoms with van der Waals surface area (Å²) in [6, 6.07) is 6.93. The number of aryl methyl sites for hydroxylation is 1. The molecule has 0 bridgehead atoms. The number of nitrogens with one attached hydrogen (secondary N) is 1. The van der Waals surface area contributed by atoms with Crippen molar-refractivity contribution in [3.05, 3.63) is 47.0 Å². The number of rotatable bonds is 4. The zero-order chi connectivity index (χ0) is 23.2. The van der Waals surface area contributed by atoms with Crippen LogP contribution in [0.1, 0.15) is 36.2 Å². The molecule has 30 heavy (non-hydrogen) atoms. The Balaban J connectivity index is 1.57. The zero-order valence-electron chi connectivity index (χ0n) is 19.5. The Morgan fingerprint density at radius 1 is 1.17 bits per heavy atom. The van der Waals surface area contributed by atoms with Crippen molar-refractivity contribution in [3.8, 4) is 11.1 Å². The van der Waals surface area contributed by atoms with Crippen LogP contribution < -0.4 is 10.5 Å². The molecule has 1 aromatic carbocycles. The van der Waals surface area contributed by atoms with E-state index in [2.05, 4.69) is 9.88 Å². The molecule has 3 aromatic rings. The number of aromatic nitrogens is 2. The van der Waals surface area contributed by atoms with E-state index in [9.17, 15) is 13.2 Å². The minimum Gasteiger partial charge on any atom is -0.370 e. The molecule has 3 heterocycles. The van der Waals surface area contributed by atoms with E-state index in [0.717, 1.165) is 23.3 Å². The fourth-order valence-electron chi connectivity index (χ4n) is 5.04. The monoisotopic (exact) mass is 426 g/mol. The minimum atomic E-state index is -3.44. The Morgan fingerprint density at radius 3 is 2.63 bits per heavy atom. The van der Waals surface area contributed by atoms with Crippen LogP contribution in [-0.2, 0) is 16.8 Å². The number of H-pyrrole nitrogens is 1. The Kier molecular flexibility index (Phi) is 3.06. The molecule has 0 atom stereocenters. The number of nitrogens with zero attached hydrogens (tertiary/aromatic N) is 2. The average molecular weight is 427 g/mol. The van der Waals surface area contributed by atoms with Gasteiger partial charge in [0.1, 0.15) is 5.52 Å². The number of pyridine rings is 1. The van der Waals surface area contributed by atoms with Crippen LogP contribution in [0.15, 0.2) is 46.3 Å². The van der Waals surface area contributed by atoms with Gasteiger partial charge in [-0.2, -0.15) is 0 Å². The Labute approximate surface area is 179 Å². The second-order valence-electron chi connectivity index (χ2n) is 9.12. The Bertz CT molecular complexity index is 1440. The van der Waals surface area contributed by atoms with E-state index in [1.165, 1.54) is 25.5 Å². The van der Waals surface area contributed by atoms with Gasteiger partial charge in [0.05, 0.1) is 10.1 Å². The summed E-state index contributed by atoms with van der Waals surface area (Å²) < 4.78 is 50.4. The van der Waals surface area contributed by atoms with Crippen molar-refractivity contribution in [2.24, 2.45) is 12.4 Å². The first-order chi connectivity index (χ1) is 15.6. The number of hydrogen-bond acceptors (Lipinski definition) is 4. The van der Waals surface area contributed by atoms with E-state index < -0.39 is 22.4 Å². The largest absolute Gasteiger partial charge is 0.370 e. The average Bonchev–Trinajstić information content (AvgIpc) is 3.44. The van der Waals surface area contributed by atoms with Gasteiger partial charge in [0.25, 0.3) is 5.56 Å². The number of sulfone groups is 1. The zero-order valence-corrected chi connectivity index (χ0v) is 17.3. The second kappa shape index (κ2) is 6.00. The molecule has 2 aromatic heterocycles. The van der Waals surface area contributed by atoms with E-state index in [-0.39, 0.29) is 15.7 Å². The number of hydrogen-bond donors (Lipinski definition) is 1. The molecule has 1 spiro atoms. The third-order valence-electron chi connectivity index (χ3n) is 7.09. The molecule has 2 aliphatic carbocycles. The smallest absolute Gasteiger partial charge is 0.274 e. The lowest BCUT2D eigenvalue weighted by molar-refractivity contribution is 0.0905. The van der Waals surface area contributed by atoms with E-state index in [1.54, 1.807) is 24.4 Å². The van der Waals surface area contributed by atoms with Crippen molar-refractivity contribution < 1.29 is 12.5 Å². The summed E-state index contributed by atoms with van der Waals surface area (Å²) in [6.07, 6.45) is 7.96. The van der Waals surface area contributed by atoms with Crippen molar-refractivity contribution in [1.29, 1.82) is 0 Å². The van der Waals surface area contributed by atoms with E-state index in [1.807, 2.05) is 6.07 Å². The van der Waals surface area contributed by atoms with Crippen LogP contribution in [0.2, 0.25) is 0 Å². The summed E-state index contributed by atoms with van der Waals surface area (Å²) in [5.74, 6) is 0. The van der Waals surface area contributed by atoms with Gasteiger partial charge in [-0.05, 0) is 49.9 Å². The molecule has 0 radical (unpaired) electrons. The molecule has 1 aliphatic heterocycles. The molecule has 1 saturated heterocycles. The maximum atomic E-state index is 13.0. The van der Waals surface area contributed by atoms with Gasteiger partial charge >= 0.3 is 0 Å². The molecule has 7 heteroatoms. The second-order valence-corrected chi connectivity index (χ2v) is 11.3. The summed E-state index contributed by atoms with van der Waals surface area (Å²) in [5, 5.41) is 0.240. The molecule has 0 unspecified atom stereocenters. The highest BCUT2D eigenvalue weighted by Crippen LogP contribution is 2.51. The normalized spacial score (nSPS) is 22.3. The highest BCUT2D eigenvalue weighted by Gasteiger charge is 2.48. The molecule has 0 amide bonds. The quantitative estimate of drug-likeness (QED) is 0.693. The van der Waals surface area contributed by atoms with Gasteiger partial charge in [0.15, 0.2) is 9.84 Å². The highest BCUT2D eigenvalue weighted by atomic mass is 32.2. The van der Waals surface area contributed by atoms with Crippen LogP contribution in [0.4, 0.5) is 5.69 Å². The van der Waals surface area contributed by atoms with E-state index in [0.29, 0.717) is 34.8 Å². The van der Waals surface area contributed by atoms with Crippen LogP contribution in [0.3, 0.4) is 0 Å². The van der Waals surface area contributed by atoms with Gasteiger partial charge < -0.3 is 14.5 Å². The number of aromatic amines is 1. The lowest BCUT2D eigenvalue weighted by Crippen LogP contribution is -2.60. The Morgan fingerprint density at radius 2 is 1.97 bits per heavy atom. The lowest BCUT2D eigenvalue weighted by atomic mass is 9.63. The number of benzene rings is 1. The SMILES string of the molecule is [2H]C([2H])([2H])n1cc(-c2cc(S(=O)(=O)C3CC3)ccc2N2CC3(CCC3)C2)c2cc[nH]c2c1=O. The third-order valence-corrected chi connectivity index (χ3v) is 9.35. The fourth-order valence-corrected chi connectivity index (χ4v) is 6.73. The van der Waals surface area contributed by atoms with E-state index >= 15 is 0 Å². The predicted octanol–water partition coefficient (Wildman–Crippen LogP) is 3.46. The van der Waals surface area contributed by atoms with Gasteiger partial charge in [-0.3, -0.25) is 4.79 Å². The van der Waals surface area contributed by atoms with Gasteiger partial charge in [0.2, 0.25) is 0 Å². The standard InChI is InChI=1S/C23H25N3O3S/c1-25-12-19(17-7-10-24-21(17)22(25)27)18-11-16(30(28,29)15-3-4-15)5-6-20(18)26-13-23(14-26)8-2-9-23/h5-7,10-12,15,24H,2-4,8-9,13-14H2,1H3/i1D3. The first kappa shape index (κ1) is 15.3. The van der Waals surface area contributed by atoms with Gasteiger partial charge in [-0.25, -0.2) is 8.42 Å². The summed E-state index contributed by atoms with van der Waals surface area (Å²) in [7, 11) is -3.44. The van der Waals surface area contributed by atoms with Crippen LogP contribution in [0, 0.1) is 5.41 Å². The molecule has 156 valence electrons. The van der Waals surface area contributed by atoms with E-state index in [4.69, 9.17) is 4.11 Å². The molecule has 1 N–H and O–H groups in total. The summed E-state index contributed by atoms with van der Waals surface area (Å²) in [4.78, 5) is 18.2. The van der Waals surface area contributed by atoms with Crippen LogP contribution >= 0.6 is 0 Å². The Hall–Kier alpha value is -2.54. The summed E-state index contributed by atoms with van der Waals surface area (Å²) >= 11 is 0. The lowest BCUT2D eigenvalue weighted by Gasteiger charge is -2.57. The van der Waals surface area contributed by atoms with Crippen LogP contribution in [0.5, 0.6) is 0 Å². The van der Waals surface area contributed by atoms with Crippen molar-refractivity contribution >= 4 is 26.4 Å². The van der Waals surface area contributed by atoms with Crippen LogP contribution in [0.25, 0.3) is 22.0 Å². The van der Waals surface area contributed by atoms with Crippen molar-refractivity contribution in [2.45, 2.75) is 42.2 Å². The van der Waals surface area contributed by atoms with Crippen molar-refractivity contribution in [3.63, 3.8) is 0 Å². The topological polar surface area (TPSA) is 75.2 Å². The molecular weight excluding hydrogens is 398 g/mol. The number of anilines is 1. The fraction of sp³-hybridized carbons (Fsp3) is 0.435. The highest BCUT2D eigenvalue weighted by molar-refractivity contribution is 7.92. The molecule has 3 aliphatic rings. The minimum absolute atomic E-state index is 0.198. The van der Waals surface area contributed by atoms with Crippen molar-refractivity contribution in [1.82, 2.24) is 9.55 Å². The molecule has 6 rings (SSSR count). The maximum absolute atomic E-state index is 13.0. The van der Waals surface area contributed by atoms with Crippen LogP contribution in [-0.4, -0.2) is 36.3 Å². The van der Waals surface area contributed by atoms with Gasteiger partial charge in [-0.1, -0.05) is 6.42 Å². The first-order valence-electron chi connectivity index (χ1n) is 12.0. The molecule has 2 saturated carbocycles. The third kappa shape index (κ3) is 2.54. The summed E-state index contributed by atoms with van der Waals surface area (Å²) in [6.45, 7) is -0.844.